The number of aliphatic hydroxyl groups is 2. The van der Waals surface area contributed by atoms with E-state index in [4.69, 9.17) is 5.11 Å². The van der Waals surface area contributed by atoms with Gasteiger partial charge in [-0.1, -0.05) is 93.0 Å². The second kappa shape index (κ2) is 17.6. The van der Waals surface area contributed by atoms with Gasteiger partial charge in [-0.25, -0.2) is 4.79 Å². The molecule has 0 radical (unpaired) electrons. The Morgan fingerprint density at radius 3 is 1.81 bits per heavy atom. The largest absolute Gasteiger partial charge is 0.478 e. The van der Waals surface area contributed by atoms with E-state index in [1.165, 1.54) is 6.08 Å². The number of carboxylic acid groups (broad SMARTS) is 1. The molecule has 0 amide bonds. The quantitative estimate of drug-likeness (QED) is 0.242. The first-order valence-electron chi connectivity index (χ1n) is 9.16. The Hall–Kier alpha value is -2.17. The first kappa shape index (κ1) is 23.8. The van der Waals surface area contributed by atoms with Crippen molar-refractivity contribution in [3.05, 3.63) is 72.9 Å². The lowest BCUT2D eigenvalue weighted by Gasteiger charge is -2.08. The number of rotatable bonds is 14. The van der Waals surface area contributed by atoms with E-state index in [2.05, 4.69) is 0 Å². The van der Waals surface area contributed by atoms with Crippen molar-refractivity contribution in [2.75, 3.05) is 0 Å². The van der Waals surface area contributed by atoms with Gasteiger partial charge >= 0.3 is 5.97 Å². The van der Waals surface area contributed by atoms with Crippen molar-refractivity contribution in [1.82, 2.24) is 0 Å². The van der Waals surface area contributed by atoms with Gasteiger partial charge in [-0.05, 0) is 19.3 Å². The summed E-state index contributed by atoms with van der Waals surface area (Å²) in [7, 11) is 0. The predicted octanol–water partition coefficient (Wildman–Crippen LogP) is 4.49. The van der Waals surface area contributed by atoms with Crippen LogP contribution in [-0.2, 0) is 4.79 Å². The van der Waals surface area contributed by atoms with Crippen LogP contribution in [0.4, 0.5) is 0 Å². The average Bonchev–Trinajstić information content (AvgIpc) is 2.61. The molecule has 2 unspecified atom stereocenters. The van der Waals surface area contributed by atoms with Gasteiger partial charge in [-0.3, -0.25) is 0 Å². The van der Waals surface area contributed by atoms with E-state index < -0.39 is 12.1 Å². The summed E-state index contributed by atoms with van der Waals surface area (Å²) in [5.74, 6) is -0.964. The smallest absolute Gasteiger partial charge is 0.328 e. The molecule has 0 aromatic rings. The topological polar surface area (TPSA) is 77.8 Å². The molecule has 4 nitrogen and oxygen atoms in total. The van der Waals surface area contributed by atoms with Crippen LogP contribution in [0.25, 0.3) is 0 Å². The lowest BCUT2D eigenvalue weighted by Crippen LogP contribution is -2.04. The molecule has 0 spiro atoms. The first-order valence-corrected chi connectivity index (χ1v) is 9.16. The number of unbranched alkanes of at least 4 members (excludes halogenated alkanes) is 2. The SMILES string of the molecule is CCC(O)CCCCCC(O)C=CC=CC=CC=CC=CC=CC(=O)O. The lowest BCUT2D eigenvalue weighted by atomic mass is 10.1. The third-order valence-electron chi connectivity index (χ3n) is 3.58. The summed E-state index contributed by atoms with van der Waals surface area (Å²) >= 11 is 0. The molecule has 0 aliphatic rings. The molecule has 0 saturated heterocycles. The third-order valence-corrected chi connectivity index (χ3v) is 3.58. The Bertz CT molecular complexity index is 524. The molecule has 4 heteroatoms. The number of hydrogen-bond acceptors (Lipinski definition) is 3. The van der Waals surface area contributed by atoms with E-state index in [1.807, 2.05) is 43.4 Å². The molecule has 0 bridgehead atoms. The predicted molar refractivity (Wildman–Crippen MR) is 108 cm³/mol. The summed E-state index contributed by atoms with van der Waals surface area (Å²) in [6, 6.07) is 0. The Morgan fingerprint density at radius 2 is 1.27 bits per heavy atom. The maximum atomic E-state index is 10.2. The van der Waals surface area contributed by atoms with Crippen LogP contribution < -0.4 is 0 Å². The van der Waals surface area contributed by atoms with E-state index >= 15 is 0 Å². The number of carboxylic acids is 1. The van der Waals surface area contributed by atoms with Crippen LogP contribution in [0.2, 0.25) is 0 Å². The second-order valence-corrected chi connectivity index (χ2v) is 5.89. The zero-order valence-corrected chi connectivity index (χ0v) is 15.6. The van der Waals surface area contributed by atoms with Gasteiger partial charge in [0.05, 0.1) is 12.2 Å². The van der Waals surface area contributed by atoms with Crippen LogP contribution in [0, 0.1) is 0 Å². The Morgan fingerprint density at radius 1 is 0.769 bits per heavy atom. The molecule has 0 fully saturated rings. The van der Waals surface area contributed by atoms with Crippen LogP contribution in [0.1, 0.15) is 45.4 Å². The number of carbonyl (C=O) groups is 1. The molecule has 0 aliphatic carbocycles. The zero-order chi connectivity index (χ0) is 19.5. The molecule has 0 heterocycles. The van der Waals surface area contributed by atoms with Gasteiger partial charge in [0.1, 0.15) is 0 Å². The van der Waals surface area contributed by atoms with Crippen LogP contribution in [-0.4, -0.2) is 33.5 Å². The van der Waals surface area contributed by atoms with Gasteiger partial charge in [-0.2, -0.15) is 0 Å². The highest BCUT2D eigenvalue weighted by molar-refractivity contribution is 5.80. The van der Waals surface area contributed by atoms with Crippen molar-refractivity contribution >= 4 is 5.97 Å². The van der Waals surface area contributed by atoms with Crippen molar-refractivity contribution in [1.29, 1.82) is 0 Å². The molecular formula is C22H32O4. The number of aliphatic carboxylic acids is 1. The van der Waals surface area contributed by atoms with Crippen LogP contribution in [0.5, 0.6) is 0 Å². The van der Waals surface area contributed by atoms with E-state index in [-0.39, 0.29) is 6.10 Å². The molecule has 0 rings (SSSR count). The highest BCUT2D eigenvalue weighted by Crippen LogP contribution is 2.09. The Kier molecular flexibility index (Phi) is 16.2. The molecule has 0 aliphatic heterocycles. The molecule has 2 atom stereocenters. The minimum absolute atomic E-state index is 0.183. The zero-order valence-electron chi connectivity index (χ0n) is 15.6. The van der Waals surface area contributed by atoms with Gasteiger partial charge in [0, 0.05) is 6.08 Å². The van der Waals surface area contributed by atoms with Crippen LogP contribution in [0.3, 0.4) is 0 Å². The average molecular weight is 360 g/mol. The summed E-state index contributed by atoms with van der Waals surface area (Å²) in [4.78, 5) is 10.2. The van der Waals surface area contributed by atoms with Crippen molar-refractivity contribution in [2.24, 2.45) is 0 Å². The van der Waals surface area contributed by atoms with Gasteiger partial charge in [0.25, 0.3) is 0 Å². The summed E-state index contributed by atoms with van der Waals surface area (Å²) in [6.07, 6.45) is 25.4. The lowest BCUT2D eigenvalue weighted by molar-refractivity contribution is -0.131. The first-order chi connectivity index (χ1) is 12.6. The molecule has 0 saturated carbocycles. The molecule has 0 aromatic carbocycles. The Labute approximate surface area is 157 Å². The van der Waals surface area contributed by atoms with Crippen molar-refractivity contribution in [3.63, 3.8) is 0 Å². The highest BCUT2D eigenvalue weighted by atomic mass is 16.4. The van der Waals surface area contributed by atoms with Crippen LogP contribution in [0.15, 0.2) is 72.9 Å². The van der Waals surface area contributed by atoms with Crippen LogP contribution >= 0.6 is 0 Å². The molecule has 26 heavy (non-hydrogen) atoms. The molecule has 0 aromatic heterocycles. The maximum Gasteiger partial charge on any atom is 0.328 e. The van der Waals surface area contributed by atoms with E-state index in [0.717, 1.165) is 44.6 Å². The van der Waals surface area contributed by atoms with Crippen molar-refractivity contribution in [2.45, 2.75) is 57.7 Å². The Balaban J connectivity index is 3.80. The second-order valence-electron chi connectivity index (χ2n) is 5.89. The summed E-state index contributed by atoms with van der Waals surface area (Å²) in [6.45, 7) is 1.98. The van der Waals surface area contributed by atoms with E-state index in [1.54, 1.807) is 24.3 Å². The maximum absolute atomic E-state index is 10.2. The normalized spacial score (nSPS) is 15.5. The molecular weight excluding hydrogens is 328 g/mol. The van der Waals surface area contributed by atoms with Gasteiger partial charge in [0.2, 0.25) is 0 Å². The fourth-order valence-electron chi connectivity index (χ4n) is 2.05. The van der Waals surface area contributed by atoms with E-state index in [0.29, 0.717) is 0 Å². The standard InChI is InChI=1S/C22H32O4/c1-2-20(23)16-13-11-14-18-21(24)17-12-9-7-5-3-4-6-8-10-15-19-22(25)26/h3-10,12,15,17,19-21,23-24H,2,11,13-14,16,18H2,1H3,(H,25,26). The fourth-order valence-corrected chi connectivity index (χ4v) is 2.05. The number of hydrogen-bond donors (Lipinski definition) is 3. The number of allylic oxidation sites excluding steroid dienone is 10. The highest BCUT2D eigenvalue weighted by Gasteiger charge is 2.01. The summed E-state index contributed by atoms with van der Waals surface area (Å²) < 4.78 is 0. The summed E-state index contributed by atoms with van der Waals surface area (Å²) in [5.41, 5.74) is 0. The van der Waals surface area contributed by atoms with E-state index in [9.17, 15) is 15.0 Å². The van der Waals surface area contributed by atoms with Crippen molar-refractivity contribution < 1.29 is 20.1 Å². The van der Waals surface area contributed by atoms with Gasteiger partial charge < -0.3 is 15.3 Å². The van der Waals surface area contributed by atoms with Gasteiger partial charge in [-0.15, -0.1) is 0 Å². The summed E-state index contributed by atoms with van der Waals surface area (Å²) in [5, 5.41) is 27.7. The third kappa shape index (κ3) is 18.2. The minimum atomic E-state index is -0.964. The van der Waals surface area contributed by atoms with Crippen molar-refractivity contribution in [3.8, 4) is 0 Å². The molecule has 144 valence electrons. The van der Waals surface area contributed by atoms with Gasteiger partial charge in [0.15, 0.2) is 0 Å². The fraction of sp³-hybridized carbons (Fsp3) is 0.409. The minimum Gasteiger partial charge on any atom is -0.478 e. The molecule has 3 N–H and O–H groups in total. The number of aliphatic hydroxyl groups excluding tert-OH is 2. The monoisotopic (exact) mass is 360 g/mol.